The van der Waals surface area contributed by atoms with Gasteiger partial charge < -0.3 is 24.5 Å². The van der Waals surface area contributed by atoms with Crippen LogP contribution in [0.15, 0.2) is 28.8 Å². The Hall–Kier alpha value is -1.87. The number of rotatable bonds is 2. The first-order valence-electron chi connectivity index (χ1n) is 6.07. The van der Waals surface area contributed by atoms with Crippen molar-refractivity contribution in [2.45, 2.75) is 24.4 Å². The molecule has 3 N–H and O–H groups in total. The number of aliphatic hydroxyl groups excluding tert-OH is 3. The molecule has 0 amide bonds. The van der Waals surface area contributed by atoms with Crippen LogP contribution in [0, 0.1) is 0 Å². The molecule has 1 aliphatic rings. The summed E-state index contributed by atoms with van der Waals surface area (Å²) < 4.78 is 10.6. The summed E-state index contributed by atoms with van der Waals surface area (Å²) in [5.74, 6) is 0.223. The molecule has 1 saturated heterocycles. The van der Waals surface area contributed by atoms with Gasteiger partial charge in [0.15, 0.2) is 6.10 Å². The van der Waals surface area contributed by atoms with E-state index in [1.54, 1.807) is 24.4 Å². The highest BCUT2D eigenvalue weighted by molar-refractivity contribution is 5.44. The fourth-order valence-corrected chi connectivity index (χ4v) is 1.97. The van der Waals surface area contributed by atoms with Gasteiger partial charge in [0.25, 0.3) is 5.89 Å². The van der Waals surface area contributed by atoms with Crippen molar-refractivity contribution in [2.75, 3.05) is 6.61 Å². The number of pyridine rings is 1. The molecule has 1 fully saturated rings. The van der Waals surface area contributed by atoms with Crippen molar-refractivity contribution in [1.82, 2.24) is 15.2 Å². The van der Waals surface area contributed by atoms with Gasteiger partial charge in [-0.15, -0.1) is 10.2 Å². The predicted molar refractivity (Wildman–Crippen MR) is 64.2 cm³/mol. The number of aliphatic hydroxyl groups is 3. The Morgan fingerprint density at radius 3 is 2.70 bits per heavy atom. The lowest BCUT2D eigenvalue weighted by molar-refractivity contribution is -0.194. The summed E-state index contributed by atoms with van der Waals surface area (Å²) in [6.07, 6.45) is -3.18. The highest BCUT2D eigenvalue weighted by atomic mass is 16.5. The molecule has 0 radical (unpaired) electrons. The van der Waals surface area contributed by atoms with E-state index in [0.717, 1.165) is 0 Å². The van der Waals surface area contributed by atoms with Crippen LogP contribution in [0.1, 0.15) is 12.0 Å². The minimum Gasteiger partial charge on any atom is -0.416 e. The van der Waals surface area contributed by atoms with E-state index in [4.69, 9.17) is 9.15 Å². The smallest absolute Gasteiger partial charge is 0.266 e. The molecule has 3 rings (SSSR count). The summed E-state index contributed by atoms with van der Waals surface area (Å²) in [4.78, 5) is 4.06. The van der Waals surface area contributed by atoms with E-state index in [1.807, 2.05) is 0 Å². The molecule has 3 heterocycles. The second-order valence-electron chi connectivity index (χ2n) is 4.46. The zero-order valence-electron chi connectivity index (χ0n) is 10.3. The molecule has 4 atom stereocenters. The van der Waals surface area contributed by atoms with Crippen LogP contribution in [-0.2, 0) is 4.74 Å². The van der Waals surface area contributed by atoms with Gasteiger partial charge in [-0.05, 0) is 12.1 Å². The molecule has 0 bridgehead atoms. The monoisotopic (exact) mass is 279 g/mol. The second-order valence-corrected chi connectivity index (χ2v) is 4.46. The quantitative estimate of drug-likeness (QED) is 0.658. The standard InChI is InChI=1S/C12H13N3O5/c16-7-5-19-10(9(18)8(7)17)12-15-14-11(20-12)6-3-1-2-4-13-6/h1-4,7-10,16-18H,5H2/t7-,8+,9-,10-/m1/s1. The van der Waals surface area contributed by atoms with Crippen LogP contribution in [0.3, 0.4) is 0 Å². The Kier molecular flexibility index (Phi) is 3.45. The first-order valence-corrected chi connectivity index (χ1v) is 6.07. The average Bonchev–Trinajstić information content (AvgIpc) is 2.95. The summed E-state index contributed by atoms with van der Waals surface area (Å²) in [5, 5.41) is 36.5. The molecule has 1 aliphatic heterocycles. The van der Waals surface area contributed by atoms with E-state index < -0.39 is 24.4 Å². The molecular formula is C12H13N3O5. The van der Waals surface area contributed by atoms with E-state index in [0.29, 0.717) is 5.69 Å². The van der Waals surface area contributed by atoms with Crippen molar-refractivity contribution >= 4 is 0 Å². The van der Waals surface area contributed by atoms with Gasteiger partial charge >= 0.3 is 0 Å². The molecule has 0 aromatic carbocycles. The first-order chi connectivity index (χ1) is 9.66. The normalized spacial score (nSPS) is 30.4. The third kappa shape index (κ3) is 2.29. The van der Waals surface area contributed by atoms with Gasteiger partial charge in [0.2, 0.25) is 5.89 Å². The Balaban J connectivity index is 1.84. The number of hydrogen-bond acceptors (Lipinski definition) is 8. The van der Waals surface area contributed by atoms with Gasteiger partial charge in [-0.3, -0.25) is 4.98 Å². The highest BCUT2D eigenvalue weighted by Gasteiger charge is 2.41. The summed E-state index contributed by atoms with van der Waals surface area (Å²) >= 11 is 0. The zero-order chi connectivity index (χ0) is 14.1. The fourth-order valence-electron chi connectivity index (χ4n) is 1.97. The maximum absolute atomic E-state index is 9.86. The van der Waals surface area contributed by atoms with E-state index in [2.05, 4.69) is 15.2 Å². The Bertz CT molecular complexity index is 575. The lowest BCUT2D eigenvalue weighted by Crippen LogP contribution is -2.49. The topological polar surface area (TPSA) is 122 Å². The molecule has 20 heavy (non-hydrogen) atoms. The van der Waals surface area contributed by atoms with Crippen molar-refractivity contribution < 1.29 is 24.5 Å². The van der Waals surface area contributed by atoms with Gasteiger partial charge in [-0.2, -0.15) is 0 Å². The molecule has 0 aliphatic carbocycles. The van der Waals surface area contributed by atoms with Crippen LogP contribution in [0.2, 0.25) is 0 Å². The molecule has 0 saturated carbocycles. The van der Waals surface area contributed by atoms with Crippen molar-refractivity contribution in [3.8, 4) is 11.6 Å². The Morgan fingerprint density at radius 1 is 1.10 bits per heavy atom. The maximum Gasteiger partial charge on any atom is 0.266 e. The number of aromatic nitrogens is 3. The summed E-state index contributed by atoms with van der Waals surface area (Å²) in [6, 6.07) is 5.23. The fraction of sp³-hybridized carbons (Fsp3) is 0.417. The van der Waals surface area contributed by atoms with Crippen molar-refractivity contribution in [3.05, 3.63) is 30.3 Å². The maximum atomic E-state index is 9.86. The Morgan fingerprint density at radius 2 is 1.95 bits per heavy atom. The average molecular weight is 279 g/mol. The Labute approximate surface area is 113 Å². The lowest BCUT2D eigenvalue weighted by Gasteiger charge is -2.33. The molecule has 0 unspecified atom stereocenters. The SMILES string of the molecule is O[C@@H]1[C@@H](O)[C@H](c2nnc(-c3ccccn3)o2)OC[C@H]1O. The lowest BCUT2D eigenvalue weighted by atomic mass is 10.0. The minimum atomic E-state index is -1.34. The molecule has 106 valence electrons. The van der Waals surface area contributed by atoms with Gasteiger partial charge in [0.05, 0.1) is 6.61 Å². The van der Waals surface area contributed by atoms with Crippen LogP contribution in [-0.4, -0.2) is 55.4 Å². The first kappa shape index (κ1) is 13.1. The summed E-state index contributed by atoms with van der Waals surface area (Å²) in [6.45, 7) is -0.121. The van der Waals surface area contributed by atoms with Crippen LogP contribution in [0.5, 0.6) is 0 Å². The van der Waals surface area contributed by atoms with E-state index >= 15 is 0 Å². The third-order valence-electron chi connectivity index (χ3n) is 3.07. The van der Waals surface area contributed by atoms with Gasteiger partial charge in [-0.25, -0.2) is 0 Å². The van der Waals surface area contributed by atoms with E-state index in [9.17, 15) is 15.3 Å². The molecule has 0 spiro atoms. The molecule has 8 heteroatoms. The molecular weight excluding hydrogens is 266 g/mol. The molecule has 2 aromatic heterocycles. The zero-order valence-corrected chi connectivity index (χ0v) is 10.3. The molecule has 2 aromatic rings. The molecule has 8 nitrogen and oxygen atoms in total. The largest absolute Gasteiger partial charge is 0.416 e. The third-order valence-corrected chi connectivity index (χ3v) is 3.07. The summed E-state index contributed by atoms with van der Waals surface area (Å²) in [5.41, 5.74) is 0.497. The number of hydrogen-bond donors (Lipinski definition) is 3. The van der Waals surface area contributed by atoms with E-state index in [1.165, 1.54) is 0 Å². The van der Waals surface area contributed by atoms with Crippen molar-refractivity contribution in [3.63, 3.8) is 0 Å². The van der Waals surface area contributed by atoms with Crippen LogP contribution < -0.4 is 0 Å². The van der Waals surface area contributed by atoms with Crippen molar-refractivity contribution in [2.24, 2.45) is 0 Å². The van der Waals surface area contributed by atoms with Crippen LogP contribution >= 0.6 is 0 Å². The van der Waals surface area contributed by atoms with E-state index in [-0.39, 0.29) is 18.4 Å². The van der Waals surface area contributed by atoms with Gasteiger partial charge in [0, 0.05) is 6.20 Å². The van der Waals surface area contributed by atoms with Crippen LogP contribution in [0.4, 0.5) is 0 Å². The summed E-state index contributed by atoms with van der Waals surface area (Å²) in [7, 11) is 0. The number of nitrogens with zero attached hydrogens (tertiary/aromatic N) is 3. The van der Waals surface area contributed by atoms with Crippen molar-refractivity contribution in [1.29, 1.82) is 0 Å². The highest BCUT2D eigenvalue weighted by Crippen LogP contribution is 2.29. The van der Waals surface area contributed by atoms with Gasteiger partial charge in [-0.1, -0.05) is 6.07 Å². The second kappa shape index (κ2) is 5.25. The number of ether oxygens (including phenoxy) is 1. The van der Waals surface area contributed by atoms with Crippen LogP contribution in [0.25, 0.3) is 11.6 Å². The minimum absolute atomic E-state index is 0.0316. The van der Waals surface area contributed by atoms with Gasteiger partial charge in [0.1, 0.15) is 24.0 Å². The predicted octanol–water partition coefficient (Wildman–Crippen LogP) is -0.714.